The fourth-order valence-electron chi connectivity index (χ4n) is 1.30. The largest absolute Gasteiger partial charge is 0.323 e. The average Bonchev–Trinajstić information content (AvgIpc) is 2.29. The van der Waals surface area contributed by atoms with Crippen LogP contribution in [0.25, 0.3) is 0 Å². The van der Waals surface area contributed by atoms with Gasteiger partial charge in [0.25, 0.3) is 0 Å². The van der Waals surface area contributed by atoms with E-state index in [0.29, 0.717) is 11.6 Å². The number of hydrogen-bond acceptors (Lipinski definition) is 2. The van der Waals surface area contributed by atoms with Crippen molar-refractivity contribution in [3.05, 3.63) is 29.0 Å². The van der Waals surface area contributed by atoms with Gasteiger partial charge in [0.2, 0.25) is 5.91 Å². The van der Waals surface area contributed by atoms with Crippen LogP contribution in [0.4, 0.5) is 10.1 Å². The van der Waals surface area contributed by atoms with Gasteiger partial charge in [0, 0.05) is 17.5 Å². The number of nitrogens with one attached hydrogen (secondary N) is 2. The summed E-state index contributed by atoms with van der Waals surface area (Å²) in [4.78, 5) is 11.7. The average molecular weight is 259 g/mol. The first-order chi connectivity index (χ1) is 8.04. The molecule has 1 atom stereocenters. The zero-order valence-corrected chi connectivity index (χ0v) is 10.6. The molecule has 1 rings (SSSR count). The molecule has 0 aliphatic carbocycles. The van der Waals surface area contributed by atoms with Gasteiger partial charge < -0.3 is 10.6 Å². The second-order valence-corrected chi connectivity index (χ2v) is 4.26. The number of carbonyl (C=O) groups is 1. The molecular weight excluding hydrogens is 243 g/mol. The summed E-state index contributed by atoms with van der Waals surface area (Å²) in [6.07, 6.45) is 0. The second kappa shape index (κ2) is 6.57. The van der Waals surface area contributed by atoms with Gasteiger partial charge in [-0.3, -0.25) is 4.79 Å². The summed E-state index contributed by atoms with van der Waals surface area (Å²) >= 11 is 5.62. The van der Waals surface area contributed by atoms with Gasteiger partial charge in [0.15, 0.2) is 0 Å². The predicted molar refractivity (Wildman–Crippen MR) is 67.7 cm³/mol. The molecule has 5 heteroatoms. The van der Waals surface area contributed by atoms with E-state index in [2.05, 4.69) is 10.6 Å². The van der Waals surface area contributed by atoms with Crippen LogP contribution in [-0.4, -0.2) is 19.0 Å². The minimum absolute atomic E-state index is 0.155. The van der Waals surface area contributed by atoms with E-state index in [0.717, 1.165) is 6.54 Å². The molecule has 17 heavy (non-hydrogen) atoms. The Labute approximate surface area is 105 Å². The van der Waals surface area contributed by atoms with Crippen molar-refractivity contribution in [1.82, 2.24) is 5.32 Å². The SMILES string of the molecule is CCNCC(C)C(=O)Nc1ccc(Cl)cc1F. The molecule has 0 saturated heterocycles. The third-order valence-electron chi connectivity index (χ3n) is 2.34. The maximum absolute atomic E-state index is 13.4. The molecule has 0 aliphatic heterocycles. The normalized spacial score (nSPS) is 12.2. The molecule has 3 nitrogen and oxygen atoms in total. The zero-order chi connectivity index (χ0) is 12.8. The number of carbonyl (C=O) groups excluding carboxylic acids is 1. The van der Waals surface area contributed by atoms with Gasteiger partial charge in [-0.05, 0) is 24.7 Å². The van der Waals surface area contributed by atoms with E-state index in [1.807, 2.05) is 6.92 Å². The molecule has 0 aliphatic rings. The fourth-order valence-corrected chi connectivity index (χ4v) is 1.46. The van der Waals surface area contributed by atoms with E-state index in [9.17, 15) is 9.18 Å². The van der Waals surface area contributed by atoms with Gasteiger partial charge in [-0.1, -0.05) is 25.4 Å². The summed E-state index contributed by atoms with van der Waals surface area (Å²) in [5, 5.41) is 5.90. The minimum atomic E-state index is -0.526. The maximum atomic E-state index is 13.4. The topological polar surface area (TPSA) is 41.1 Å². The molecule has 0 aromatic heterocycles. The number of amides is 1. The van der Waals surface area contributed by atoms with E-state index in [1.165, 1.54) is 18.2 Å². The highest BCUT2D eigenvalue weighted by Gasteiger charge is 2.14. The van der Waals surface area contributed by atoms with Crippen molar-refractivity contribution in [2.75, 3.05) is 18.4 Å². The number of benzene rings is 1. The minimum Gasteiger partial charge on any atom is -0.323 e. The van der Waals surface area contributed by atoms with Crippen LogP contribution in [0.1, 0.15) is 13.8 Å². The van der Waals surface area contributed by atoms with Crippen LogP contribution in [0.3, 0.4) is 0 Å². The highest BCUT2D eigenvalue weighted by atomic mass is 35.5. The van der Waals surface area contributed by atoms with Crippen molar-refractivity contribution in [3.8, 4) is 0 Å². The molecule has 2 N–H and O–H groups in total. The summed E-state index contributed by atoms with van der Waals surface area (Å²) in [5.41, 5.74) is 0.155. The summed E-state index contributed by atoms with van der Waals surface area (Å²) in [7, 11) is 0. The van der Waals surface area contributed by atoms with Gasteiger partial charge >= 0.3 is 0 Å². The highest BCUT2D eigenvalue weighted by Crippen LogP contribution is 2.19. The van der Waals surface area contributed by atoms with Crippen LogP contribution in [0.5, 0.6) is 0 Å². The summed E-state index contributed by atoms with van der Waals surface area (Å²) in [5.74, 6) is -0.960. The van der Waals surface area contributed by atoms with E-state index < -0.39 is 5.82 Å². The van der Waals surface area contributed by atoms with Gasteiger partial charge in [0.1, 0.15) is 5.82 Å². The smallest absolute Gasteiger partial charge is 0.228 e. The maximum Gasteiger partial charge on any atom is 0.228 e. The van der Waals surface area contributed by atoms with Crippen molar-refractivity contribution in [1.29, 1.82) is 0 Å². The predicted octanol–water partition coefficient (Wildman–Crippen LogP) is 2.66. The first-order valence-corrected chi connectivity index (χ1v) is 5.89. The molecule has 94 valence electrons. The Kier molecular flexibility index (Phi) is 5.38. The van der Waals surface area contributed by atoms with E-state index in [-0.39, 0.29) is 17.5 Å². The highest BCUT2D eigenvalue weighted by molar-refractivity contribution is 6.30. The molecule has 1 amide bonds. The first-order valence-electron chi connectivity index (χ1n) is 5.51. The Morgan fingerprint density at radius 3 is 2.82 bits per heavy atom. The van der Waals surface area contributed by atoms with Crippen LogP contribution in [0.15, 0.2) is 18.2 Å². The van der Waals surface area contributed by atoms with Gasteiger partial charge in [-0.25, -0.2) is 4.39 Å². The molecule has 0 fully saturated rings. The molecule has 1 aromatic rings. The Morgan fingerprint density at radius 2 is 2.24 bits per heavy atom. The van der Waals surface area contributed by atoms with Crippen LogP contribution < -0.4 is 10.6 Å². The summed E-state index contributed by atoms with van der Waals surface area (Å²) in [6.45, 7) is 5.11. The van der Waals surface area contributed by atoms with Crippen molar-refractivity contribution in [3.63, 3.8) is 0 Å². The number of hydrogen-bond donors (Lipinski definition) is 2. The number of anilines is 1. The fraction of sp³-hybridized carbons (Fsp3) is 0.417. The van der Waals surface area contributed by atoms with E-state index in [4.69, 9.17) is 11.6 Å². The van der Waals surface area contributed by atoms with Crippen LogP contribution in [-0.2, 0) is 4.79 Å². The molecular formula is C12H16ClFN2O. The summed E-state index contributed by atoms with van der Waals surface area (Å²) < 4.78 is 13.4. The lowest BCUT2D eigenvalue weighted by Crippen LogP contribution is -2.30. The molecule has 0 heterocycles. The van der Waals surface area contributed by atoms with Crippen LogP contribution >= 0.6 is 11.6 Å². The lowest BCUT2D eigenvalue weighted by Gasteiger charge is -2.12. The molecule has 0 bridgehead atoms. The van der Waals surface area contributed by atoms with Gasteiger partial charge in [-0.2, -0.15) is 0 Å². The third kappa shape index (κ3) is 4.32. The Balaban J connectivity index is 2.61. The summed E-state index contributed by atoms with van der Waals surface area (Å²) in [6, 6.07) is 4.16. The van der Waals surface area contributed by atoms with Crippen molar-refractivity contribution < 1.29 is 9.18 Å². The van der Waals surface area contributed by atoms with Crippen molar-refractivity contribution in [2.24, 2.45) is 5.92 Å². The second-order valence-electron chi connectivity index (χ2n) is 3.82. The van der Waals surface area contributed by atoms with Crippen LogP contribution in [0.2, 0.25) is 5.02 Å². The Hall–Kier alpha value is -1.13. The molecule has 0 saturated carbocycles. The lowest BCUT2D eigenvalue weighted by atomic mass is 10.1. The van der Waals surface area contributed by atoms with Gasteiger partial charge in [-0.15, -0.1) is 0 Å². The molecule has 1 unspecified atom stereocenters. The van der Waals surface area contributed by atoms with Gasteiger partial charge in [0.05, 0.1) is 5.69 Å². The number of rotatable bonds is 5. The van der Waals surface area contributed by atoms with Crippen molar-refractivity contribution in [2.45, 2.75) is 13.8 Å². The monoisotopic (exact) mass is 258 g/mol. The third-order valence-corrected chi connectivity index (χ3v) is 2.57. The molecule has 1 aromatic carbocycles. The first kappa shape index (κ1) is 13.9. The Bertz CT molecular complexity index is 398. The number of halogens is 2. The lowest BCUT2D eigenvalue weighted by molar-refractivity contribution is -0.119. The van der Waals surface area contributed by atoms with E-state index in [1.54, 1.807) is 6.92 Å². The quantitative estimate of drug-likeness (QED) is 0.853. The van der Waals surface area contributed by atoms with Crippen LogP contribution in [0, 0.1) is 11.7 Å². The molecule has 0 radical (unpaired) electrons. The zero-order valence-electron chi connectivity index (χ0n) is 9.89. The Morgan fingerprint density at radius 1 is 1.53 bits per heavy atom. The molecule has 0 spiro atoms. The van der Waals surface area contributed by atoms with Crippen molar-refractivity contribution >= 4 is 23.2 Å². The van der Waals surface area contributed by atoms with E-state index >= 15 is 0 Å². The standard InChI is InChI=1S/C12H16ClFN2O/c1-3-15-7-8(2)12(17)16-11-5-4-9(13)6-10(11)14/h4-6,8,15H,3,7H2,1-2H3,(H,16,17).